The molecule has 0 fully saturated rings. The van der Waals surface area contributed by atoms with E-state index in [2.05, 4.69) is 4.98 Å². The van der Waals surface area contributed by atoms with Crippen LogP contribution in [0.3, 0.4) is 0 Å². The Kier molecular flexibility index (Phi) is 5.23. The summed E-state index contributed by atoms with van der Waals surface area (Å²) in [6.45, 7) is 2.00. The third-order valence-electron chi connectivity index (χ3n) is 3.95. The first-order valence-electron chi connectivity index (χ1n) is 8.14. The molecular formula is C20H20N2O3S. The van der Waals surface area contributed by atoms with E-state index in [1.807, 2.05) is 19.1 Å². The van der Waals surface area contributed by atoms with Crippen molar-refractivity contribution in [3.05, 3.63) is 84.2 Å². The maximum Gasteiger partial charge on any atom is 0.264 e. The zero-order valence-electron chi connectivity index (χ0n) is 14.7. The molecule has 0 radical (unpaired) electrons. The minimum atomic E-state index is -3.76. The standard InChI is InChI=1S/C20H20N2O3S/c1-16-7-5-11-20(13-16)26(23,24)22(15-17-8-3-4-12-21-17)18-9-6-10-19(14-18)25-2/h3-14H,15H2,1-2H3. The van der Waals surface area contributed by atoms with E-state index in [9.17, 15) is 8.42 Å². The Balaban J connectivity index is 2.10. The van der Waals surface area contributed by atoms with Gasteiger partial charge in [0, 0.05) is 12.3 Å². The molecule has 0 saturated carbocycles. The van der Waals surface area contributed by atoms with Gasteiger partial charge in [-0.05, 0) is 48.9 Å². The minimum Gasteiger partial charge on any atom is -0.497 e. The summed E-state index contributed by atoms with van der Waals surface area (Å²) in [6.07, 6.45) is 1.65. The number of pyridine rings is 1. The van der Waals surface area contributed by atoms with Crippen molar-refractivity contribution in [2.75, 3.05) is 11.4 Å². The highest BCUT2D eigenvalue weighted by atomic mass is 32.2. The Morgan fingerprint density at radius 1 is 1.00 bits per heavy atom. The highest BCUT2D eigenvalue weighted by molar-refractivity contribution is 7.92. The maximum absolute atomic E-state index is 13.3. The number of hydrogen-bond donors (Lipinski definition) is 0. The van der Waals surface area contributed by atoms with Crippen molar-refractivity contribution < 1.29 is 13.2 Å². The van der Waals surface area contributed by atoms with Crippen molar-refractivity contribution in [2.24, 2.45) is 0 Å². The molecular weight excluding hydrogens is 348 g/mol. The van der Waals surface area contributed by atoms with E-state index in [-0.39, 0.29) is 11.4 Å². The number of aryl methyl sites for hydroxylation is 1. The van der Waals surface area contributed by atoms with Crippen LogP contribution >= 0.6 is 0 Å². The van der Waals surface area contributed by atoms with Crippen LogP contribution in [0, 0.1) is 6.92 Å². The van der Waals surface area contributed by atoms with Crippen molar-refractivity contribution in [1.82, 2.24) is 4.98 Å². The van der Waals surface area contributed by atoms with Gasteiger partial charge < -0.3 is 4.74 Å². The fraction of sp³-hybridized carbons (Fsp3) is 0.150. The molecule has 0 spiro atoms. The van der Waals surface area contributed by atoms with Crippen molar-refractivity contribution >= 4 is 15.7 Å². The van der Waals surface area contributed by atoms with E-state index < -0.39 is 10.0 Å². The lowest BCUT2D eigenvalue weighted by Crippen LogP contribution is -2.31. The van der Waals surface area contributed by atoms with Gasteiger partial charge >= 0.3 is 0 Å². The predicted molar refractivity (Wildman–Crippen MR) is 102 cm³/mol. The molecule has 0 amide bonds. The number of nitrogens with zero attached hydrogens (tertiary/aromatic N) is 2. The van der Waals surface area contributed by atoms with Gasteiger partial charge in [-0.25, -0.2) is 8.42 Å². The zero-order valence-corrected chi connectivity index (χ0v) is 15.5. The second-order valence-corrected chi connectivity index (χ2v) is 7.71. The average Bonchev–Trinajstić information content (AvgIpc) is 2.67. The largest absolute Gasteiger partial charge is 0.497 e. The van der Waals surface area contributed by atoms with Gasteiger partial charge in [0.25, 0.3) is 10.0 Å². The molecule has 6 heteroatoms. The van der Waals surface area contributed by atoms with Gasteiger partial charge in [0.15, 0.2) is 0 Å². The summed E-state index contributed by atoms with van der Waals surface area (Å²) >= 11 is 0. The SMILES string of the molecule is COc1cccc(N(Cc2ccccn2)S(=O)(=O)c2cccc(C)c2)c1. The molecule has 0 bridgehead atoms. The average molecular weight is 368 g/mol. The molecule has 3 rings (SSSR count). The van der Waals surface area contributed by atoms with Crippen LogP contribution in [0.4, 0.5) is 5.69 Å². The molecule has 0 saturated heterocycles. The molecule has 1 aromatic heterocycles. The van der Waals surface area contributed by atoms with Crippen LogP contribution in [-0.4, -0.2) is 20.5 Å². The van der Waals surface area contributed by atoms with E-state index in [0.717, 1.165) is 5.56 Å². The summed E-state index contributed by atoms with van der Waals surface area (Å²) in [4.78, 5) is 4.52. The van der Waals surface area contributed by atoms with Gasteiger partial charge in [-0.3, -0.25) is 9.29 Å². The first kappa shape index (κ1) is 17.9. The van der Waals surface area contributed by atoms with E-state index in [0.29, 0.717) is 17.1 Å². The lowest BCUT2D eigenvalue weighted by atomic mass is 10.2. The topological polar surface area (TPSA) is 59.5 Å². The monoisotopic (exact) mass is 368 g/mol. The third kappa shape index (κ3) is 3.86. The zero-order chi connectivity index (χ0) is 18.6. The Morgan fingerprint density at radius 2 is 1.81 bits per heavy atom. The molecule has 134 valence electrons. The van der Waals surface area contributed by atoms with Gasteiger partial charge in [-0.1, -0.05) is 24.3 Å². The third-order valence-corrected chi connectivity index (χ3v) is 5.72. The molecule has 0 N–H and O–H groups in total. The van der Waals surface area contributed by atoms with Crippen molar-refractivity contribution in [2.45, 2.75) is 18.4 Å². The van der Waals surface area contributed by atoms with Crippen LogP contribution < -0.4 is 9.04 Å². The molecule has 0 aliphatic heterocycles. The predicted octanol–water partition coefficient (Wildman–Crippen LogP) is 3.79. The highest BCUT2D eigenvalue weighted by Crippen LogP contribution is 2.28. The smallest absolute Gasteiger partial charge is 0.264 e. The number of aromatic nitrogens is 1. The Bertz CT molecular complexity index is 989. The molecule has 5 nitrogen and oxygen atoms in total. The molecule has 26 heavy (non-hydrogen) atoms. The van der Waals surface area contributed by atoms with Gasteiger partial charge in [0.1, 0.15) is 5.75 Å². The Hall–Kier alpha value is -2.86. The second-order valence-electron chi connectivity index (χ2n) is 5.85. The van der Waals surface area contributed by atoms with E-state index in [1.54, 1.807) is 67.9 Å². The quantitative estimate of drug-likeness (QED) is 0.664. The number of rotatable bonds is 6. The summed E-state index contributed by atoms with van der Waals surface area (Å²) in [7, 11) is -2.21. The maximum atomic E-state index is 13.3. The van der Waals surface area contributed by atoms with Crippen LogP contribution in [0.25, 0.3) is 0 Å². The number of hydrogen-bond acceptors (Lipinski definition) is 4. The van der Waals surface area contributed by atoms with Gasteiger partial charge in [0.05, 0.1) is 29.9 Å². The summed E-state index contributed by atoms with van der Waals surface area (Å²) in [5.74, 6) is 0.591. The Labute approximate surface area is 153 Å². The van der Waals surface area contributed by atoms with Crippen LogP contribution in [0.15, 0.2) is 77.8 Å². The van der Waals surface area contributed by atoms with E-state index >= 15 is 0 Å². The number of benzene rings is 2. The summed E-state index contributed by atoms with van der Waals surface area (Å²) in [5.41, 5.74) is 2.07. The molecule has 1 heterocycles. The van der Waals surface area contributed by atoms with Crippen LogP contribution in [-0.2, 0) is 16.6 Å². The highest BCUT2D eigenvalue weighted by Gasteiger charge is 2.26. The summed E-state index contributed by atoms with van der Waals surface area (Å²) in [6, 6.07) is 19.3. The van der Waals surface area contributed by atoms with Gasteiger partial charge in [-0.2, -0.15) is 0 Å². The fourth-order valence-corrected chi connectivity index (χ4v) is 4.16. The van der Waals surface area contributed by atoms with E-state index in [1.165, 1.54) is 4.31 Å². The Morgan fingerprint density at radius 3 is 2.50 bits per heavy atom. The van der Waals surface area contributed by atoms with Gasteiger partial charge in [0.2, 0.25) is 0 Å². The number of sulfonamides is 1. The molecule has 2 aromatic carbocycles. The van der Waals surface area contributed by atoms with Crippen molar-refractivity contribution in [3.8, 4) is 5.75 Å². The normalized spacial score (nSPS) is 11.2. The lowest BCUT2D eigenvalue weighted by molar-refractivity contribution is 0.415. The lowest BCUT2D eigenvalue weighted by Gasteiger charge is -2.25. The number of methoxy groups -OCH3 is 1. The minimum absolute atomic E-state index is 0.129. The van der Waals surface area contributed by atoms with E-state index in [4.69, 9.17) is 4.74 Å². The van der Waals surface area contributed by atoms with Crippen molar-refractivity contribution in [1.29, 1.82) is 0 Å². The fourth-order valence-electron chi connectivity index (χ4n) is 2.62. The summed E-state index contributed by atoms with van der Waals surface area (Å²) < 4.78 is 33.3. The van der Waals surface area contributed by atoms with Crippen LogP contribution in [0.1, 0.15) is 11.3 Å². The first-order chi connectivity index (χ1) is 12.5. The number of ether oxygens (including phenoxy) is 1. The molecule has 0 atom stereocenters. The summed E-state index contributed by atoms with van der Waals surface area (Å²) in [5, 5.41) is 0. The van der Waals surface area contributed by atoms with Crippen LogP contribution in [0.5, 0.6) is 5.75 Å². The molecule has 0 aliphatic carbocycles. The second kappa shape index (κ2) is 7.58. The molecule has 0 aliphatic rings. The van der Waals surface area contributed by atoms with Gasteiger partial charge in [-0.15, -0.1) is 0 Å². The van der Waals surface area contributed by atoms with Crippen LogP contribution in [0.2, 0.25) is 0 Å². The number of anilines is 1. The molecule has 0 unspecified atom stereocenters. The molecule has 3 aromatic rings. The van der Waals surface area contributed by atoms with Crippen molar-refractivity contribution in [3.63, 3.8) is 0 Å². The first-order valence-corrected chi connectivity index (χ1v) is 9.58.